The molecule has 0 atom stereocenters. The van der Waals surface area contributed by atoms with E-state index in [2.05, 4.69) is 41.8 Å². The summed E-state index contributed by atoms with van der Waals surface area (Å²) in [7, 11) is 0. The molecule has 3 aromatic carbocycles. The van der Waals surface area contributed by atoms with Gasteiger partial charge in [-0.3, -0.25) is 4.90 Å². The van der Waals surface area contributed by atoms with Crippen LogP contribution in [-0.4, -0.2) is 55.7 Å². The number of hydrogen-bond donors (Lipinski definition) is 1. The summed E-state index contributed by atoms with van der Waals surface area (Å²) >= 11 is 4.25. The molecule has 2 aliphatic rings. The largest absolute Gasteiger partial charge is 1.00 e. The maximum Gasteiger partial charge on any atom is 1.00 e. The van der Waals surface area contributed by atoms with Crippen LogP contribution < -0.4 is 56.8 Å². The van der Waals surface area contributed by atoms with Gasteiger partial charge >= 0.3 is 64.5 Å². The smallest absolute Gasteiger partial charge is 0.448 e. The van der Waals surface area contributed by atoms with Crippen molar-refractivity contribution in [1.29, 1.82) is 0 Å². The van der Waals surface area contributed by atoms with Crippen molar-refractivity contribution in [2.45, 2.75) is 24.3 Å². The van der Waals surface area contributed by atoms with E-state index in [0.717, 1.165) is 11.1 Å². The van der Waals surface area contributed by atoms with Gasteiger partial charge in [-0.05, 0) is 40.8 Å². The van der Waals surface area contributed by atoms with E-state index in [-0.39, 0.29) is 75.6 Å². The molecule has 1 aliphatic heterocycles. The van der Waals surface area contributed by atoms with Crippen LogP contribution in [0.25, 0.3) is 11.1 Å². The molecule has 1 fully saturated rings. The third-order valence-electron chi connectivity index (χ3n) is 7.21. The number of benzene rings is 3. The number of fused-ring (bicyclic) bond motifs is 3. The standard InChI is InChI=1S/C27H27BF3N2O2S.K/c1-18-25(28(29,30)31)14-19(15-26(18)36)16-32-10-12-33(13-11-32)27(34)35-17-24-22-8-4-2-6-20(22)21-7-3-5-9-23(21)24;/h2-9,14-15,24,36H,10-13,16-17H2,1H3;/q-1;+1. The molecular weight excluding hydrogens is 523 g/mol. The Morgan fingerprint density at radius 2 is 1.54 bits per heavy atom. The second-order valence-electron chi connectivity index (χ2n) is 9.47. The Bertz CT molecular complexity index is 1250. The molecule has 0 unspecified atom stereocenters. The molecule has 3 aromatic rings. The summed E-state index contributed by atoms with van der Waals surface area (Å²) in [5, 5.41) is 0. The van der Waals surface area contributed by atoms with E-state index in [9.17, 15) is 17.7 Å². The number of rotatable bonds is 5. The van der Waals surface area contributed by atoms with Gasteiger partial charge in [0.15, 0.2) is 0 Å². The first-order valence-corrected chi connectivity index (χ1v) is 12.5. The number of amides is 1. The average Bonchev–Trinajstić information content (AvgIpc) is 3.18. The SMILES string of the molecule is Cc1c(S)cc(CN2CCN(C(=O)OCC3c4ccccc4-c4ccccc43)CC2)cc1[B-](F)(F)F.[K+]. The van der Waals surface area contributed by atoms with Crippen LogP contribution >= 0.6 is 12.6 Å². The Labute approximate surface area is 263 Å². The topological polar surface area (TPSA) is 32.8 Å². The van der Waals surface area contributed by atoms with Crippen molar-refractivity contribution in [2.24, 2.45) is 0 Å². The van der Waals surface area contributed by atoms with Gasteiger partial charge in [0.2, 0.25) is 0 Å². The van der Waals surface area contributed by atoms with E-state index in [1.54, 1.807) is 11.0 Å². The van der Waals surface area contributed by atoms with Crippen molar-refractivity contribution in [1.82, 2.24) is 9.80 Å². The molecular formula is C27H27BF3KN2O2S. The van der Waals surface area contributed by atoms with E-state index in [1.807, 2.05) is 24.3 Å². The molecule has 5 rings (SSSR count). The third-order valence-corrected chi connectivity index (χ3v) is 7.67. The predicted octanol–water partition coefficient (Wildman–Crippen LogP) is 2.41. The molecule has 1 aliphatic carbocycles. The number of nitrogens with zero attached hydrogens (tertiary/aromatic N) is 2. The summed E-state index contributed by atoms with van der Waals surface area (Å²) in [6.45, 7) is -0.950. The summed E-state index contributed by atoms with van der Waals surface area (Å²) in [4.78, 5) is 16.9. The zero-order chi connectivity index (χ0) is 25.4. The van der Waals surface area contributed by atoms with E-state index in [1.165, 1.54) is 24.1 Å². The fourth-order valence-electron chi connectivity index (χ4n) is 5.24. The first-order valence-electron chi connectivity index (χ1n) is 12.1. The molecule has 0 radical (unpaired) electrons. The summed E-state index contributed by atoms with van der Waals surface area (Å²) in [5.41, 5.74) is 4.84. The summed E-state index contributed by atoms with van der Waals surface area (Å²) in [6.07, 6.45) is -0.355. The van der Waals surface area contributed by atoms with Crippen LogP contribution in [0.3, 0.4) is 0 Å². The number of halogens is 3. The zero-order valence-corrected chi connectivity index (χ0v) is 25.0. The van der Waals surface area contributed by atoms with Crippen LogP contribution in [0.4, 0.5) is 17.7 Å². The van der Waals surface area contributed by atoms with Crippen molar-refractivity contribution >= 4 is 31.2 Å². The maximum absolute atomic E-state index is 13.4. The van der Waals surface area contributed by atoms with Gasteiger partial charge in [-0.15, -0.1) is 18.1 Å². The van der Waals surface area contributed by atoms with Crippen LogP contribution in [0, 0.1) is 6.92 Å². The molecule has 0 spiro atoms. The minimum Gasteiger partial charge on any atom is -0.448 e. The Kier molecular flexibility index (Phi) is 9.21. The van der Waals surface area contributed by atoms with Gasteiger partial charge in [-0.25, -0.2) is 4.79 Å². The predicted molar refractivity (Wildman–Crippen MR) is 139 cm³/mol. The van der Waals surface area contributed by atoms with E-state index < -0.39 is 12.4 Å². The van der Waals surface area contributed by atoms with Crippen molar-refractivity contribution in [3.63, 3.8) is 0 Å². The number of carbonyl (C=O) groups is 1. The van der Waals surface area contributed by atoms with Crippen LogP contribution in [0.1, 0.15) is 28.2 Å². The maximum atomic E-state index is 13.4. The van der Waals surface area contributed by atoms with Gasteiger partial charge in [0, 0.05) is 43.5 Å². The van der Waals surface area contributed by atoms with Gasteiger partial charge in [-0.1, -0.05) is 60.2 Å². The molecule has 4 nitrogen and oxygen atoms in total. The molecule has 0 aromatic heterocycles. The molecule has 0 bridgehead atoms. The minimum absolute atomic E-state index is 0. The zero-order valence-electron chi connectivity index (χ0n) is 21.0. The Hall–Kier alpha value is -1.27. The number of piperazine rings is 1. The molecule has 0 saturated carbocycles. The summed E-state index contributed by atoms with van der Waals surface area (Å²) < 4.78 is 46.0. The van der Waals surface area contributed by atoms with E-state index in [4.69, 9.17) is 4.74 Å². The molecule has 1 saturated heterocycles. The third kappa shape index (κ3) is 6.16. The normalized spacial score (nSPS) is 15.6. The average molecular weight is 550 g/mol. The minimum atomic E-state index is -5.10. The molecule has 10 heteroatoms. The summed E-state index contributed by atoms with van der Waals surface area (Å²) in [6, 6.07) is 19.3. The van der Waals surface area contributed by atoms with Crippen molar-refractivity contribution in [3.8, 4) is 11.1 Å². The van der Waals surface area contributed by atoms with Gasteiger partial charge in [-0.2, -0.15) is 0 Å². The van der Waals surface area contributed by atoms with E-state index in [0.29, 0.717) is 43.2 Å². The second kappa shape index (κ2) is 11.9. The molecule has 37 heavy (non-hydrogen) atoms. The molecule has 1 amide bonds. The second-order valence-corrected chi connectivity index (χ2v) is 9.95. The Morgan fingerprint density at radius 1 is 0.973 bits per heavy atom. The quantitative estimate of drug-likeness (QED) is 0.392. The van der Waals surface area contributed by atoms with Crippen LogP contribution in [0.5, 0.6) is 0 Å². The van der Waals surface area contributed by atoms with Crippen molar-refractivity contribution < 1.29 is 73.9 Å². The Morgan fingerprint density at radius 3 is 2.11 bits per heavy atom. The molecule has 1 heterocycles. The van der Waals surface area contributed by atoms with Crippen molar-refractivity contribution in [2.75, 3.05) is 32.8 Å². The molecule has 0 N–H and O–H groups in total. The van der Waals surface area contributed by atoms with Gasteiger partial charge in [0.25, 0.3) is 0 Å². The Balaban J connectivity index is 0.00000320. The molecule has 188 valence electrons. The van der Waals surface area contributed by atoms with Crippen LogP contribution in [-0.2, 0) is 11.3 Å². The number of hydrogen-bond acceptors (Lipinski definition) is 4. The van der Waals surface area contributed by atoms with Crippen LogP contribution in [0.15, 0.2) is 65.6 Å². The van der Waals surface area contributed by atoms with Gasteiger partial charge in [0.1, 0.15) is 6.61 Å². The van der Waals surface area contributed by atoms with Gasteiger partial charge in [0.05, 0.1) is 0 Å². The van der Waals surface area contributed by atoms with Crippen LogP contribution in [0.2, 0.25) is 0 Å². The number of thiol groups is 1. The fourth-order valence-corrected chi connectivity index (χ4v) is 5.54. The van der Waals surface area contributed by atoms with Gasteiger partial charge < -0.3 is 22.6 Å². The first-order chi connectivity index (χ1) is 17.2. The number of carbonyl (C=O) groups excluding carboxylic acids is 1. The fraction of sp³-hybridized carbons (Fsp3) is 0.296. The van der Waals surface area contributed by atoms with E-state index >= 15 is 0 Å². The first kappa shape index (κ1) is 28.7. The van der Waals surface area contributed by atoms with Crippen molar-refractivity contribution in [3.05, 3.63) is 82.9 Å². The summed E-state index contributed by atoms with van der Waals surface area (Å²) in [5.74, 6) is 0.00373. The number of ether oxygens (including phenoxy) is 1. The monoisotopic (exact) mass is 550 g/mol.